The number of nitrogens with one attached hydrogen (secondary N) is 1. The SMILES string of the molecule is O=C(CCCn1nc(-c2ccncc2)ccc1=O)Nc1ccc(F)c(F)c1. The van der Waals surface area contributed by atoms with Gasteiger partial charge in [-0.2, -0.15) is 5.10 Å². The van der Waals surface area contributed by atoms with Crippen LogP contribution in [0.3, 0.4) is 0 Å². The zero-order valence-electron chi connectivity index (χ0n) is 14.2. The van der Waals surface area contributed by atoms with Crippen molar-refractivity contribution >= 4 is 11.6 Å². The van der Waals surface area contributed by atoms with Gasteiger partial charge in [-0.15, -0.1) is 0 Å². The number of aromatic nitrogens is 3. The number of carbonyl (C=O) groups excluding carboxylic acids is 1. The molecule has 0 bridgehead atoms. The molecule has 0 aliphatic heterocycles. The van der Waals surface area contributed by atoms with Crippen LogP contribution in [0.25, 0.3) is 11.3 Å². The smallest absolute Gasteiger partial charge is 0.266 e. The monoisotopic (exact) mass is 370 g/mol. The summed E-state index contributed by atoms with van der Waals surface area (Å²) in [4.78, 5) is 27.8. The Morgan fingerprint density at radius 3 is 2.56 bits per heavy atom. The Bertz CT molecular complexity index is 1010. The number of pyridine rings is 1. The van der Waals surface area contributed by atoms with Gasteiger partial charge in [0.05, 0.1) is 5.69 Å². The Hall–Kier alpha value is -3.42. The third-order valence-corrected chi connectivity index (χ3v) is 3.82. The first-order valence-corrected chi connectivity index (χ1v) is 8.26. The standard InChI is InChI=1S/C19H16F2N4O2/c20-15-4-3-14(12-16(15)21)23-18(26)2-1-11-25-19(27)6-5-17(24-25)13-7-9-22-10-8-13/h3-10,12H,1-2,11H2,(H,23,26). The molecule has 2 heterocycles. The molecular weight excluding hydrogens is 354 g/mol. The molecule has 0 atom stereocenters. The van der Waals surface area contributed by atoms with Gasteiger partial charge in [0.15, 0.2) is 11.6 Å². The molecule has 3 rings (SSSR count). The lowest BCUT2D eigenvalue weighted by molar-refractivity contribution is -0.116. The molecule has 0 aliphatic rings. The van der Waals surface area contributed by atoms with Crippen molar-refractivity contribution in [3.05, 3.63) is 76.8 Å². The maximum Gasteiger partial charge on any atom is 0.266 e. The average molecular weight is 370 g/mol. The Labute approximate surface area is 153 Å². The molecule has 0 unspecified atom stereocenters. The summed E-state index contributed by atoms with van der Waals surface area (Å²) < 4.78 is 27.3. The number of anilines is 1. The fourth-order valence-electron chi connectivity index (χ4n) is 2.47. The lowest BCUT2D eigenvalue weighted by Gasteiger charge is -2.08. The van der Waals surface area contributed by atoms with Gasteiger partial charge in [0.2, 0.25) is 5.91 Å². The van der Waals surface area contributed by atoms with Crippen molar-refractivity contribution in [1.29, 1.82) is 0 Å². The molecule has 1 N–H and O–H groups in total. The molecule has 138 valence electrons. The third-order valence-electron chi connectivity index (χ3n) is 3.82. The number of amides is 1. The molecule has 3 aromatic rings. The van der Waals surface area contributed by atoms with Crippen LogP contribution < -0.4 is 10.9 Å². The fraction of sp³-hybridized carbons (Fsp3) is 0.158. The van der Waals surface area contributed by atoms with Gasteiger partial charge in [-0.3, -0.25) is 14.6 Å². The van der Waals surface area contributed by atoms with E-state index in [1.165, 1.54) is 16.8 Å². The highest BCUT2D eigenvalue weighted by atomic mass is 19.2. The maximum atomic E-state index is 13.1. The molecule has 0 aliphatic carbocycles. The van der Waals surface area contributed by atoms with Gasteiger partial charge in [0.1, 0.15) is 0 Å². The van der Waals surface area contributed by atoms with Crippen LogP contribution in [0.4, 0.5) is 14.5 Å². The van der Waals surface area contributed by atoms with Crippen molar-refractivity contribution in [2.24, 2.45) is 0 Å². The normalized spacial score (nSPS) is 10.6. The largest absolute Gasteiger partial charge is 0.326 e. The minimum absolute atomic E-state index is 0.104. The summed E-state index contributed by atoms with van der Waals surface area (Å²) in [5, 5.41) is 6.79. The molecule has 1 aromatic carbocycles. The highest BCUT2D eigenvalue weighted by Crippen LogP contribution is 2.14. The van der Waals surface area contributed by atoms with Crippen molar-refractivity contribution in [2.45, 2.75) is 19.4 Å². The molecule has 0 spiro atoms. The number of carbonyl (C=O) groups is 1. The van der Waals surface area contributed by atoms with Crippen LogP contribution in [0.15, 0.2) is 59.7 Å². The van der Waals surface area contributed by atoms with Crippen molar-refractivity contribution < 1.29 is 13.6 Å². The molecule has 0 saturated heterocycles. The van der Waals surface area contributed by atoms with E-state index < -0.39 is 11.6 Å². The first kappa shape index (κ1) is 18.4. The zero-order valence-corrected chi connectivity index (χ0v) is 14.2. The van der Waals surface area contributed by atoms with Gasteiger partial charge >= 0.3 is 0 Å². The topological polar surface area (TPSA) is 76.9 Å². The van der Waals surface area contributed by atoms with E-state index in [4.69, 9.17) is 0 Å². The molecule has 27 heavy (non-hydrogen) atoms. The minimum atomic E-state index is -1.03. The van der Waals surface area contributed by atoms with Crippen LogP contribution in [0.1, 0.15) is 12.8 Å². The van der Waals surface area contributed by atoms with E-state index in [2.05, 4.69) is 15.4 Å². The summed E-state index contributed by atoms with van der Waals surface area (Å²) in [6.45, 7) is 0.253. The van der Waals surface area contributed by atoms with Crippen molar-refractivity contribution in [2.75, 3.05) is 5.32 Å². The lowest BCUT2D eigenvalue weighted by atomic mass is 10.2. The van der Waals surface area contributed by atoms with E-state index in [0.717, 1.165) is 17.7 Å². The summed E-state index contributed by atoms with van der Waals surface area (Å²) in [7, 11) is 0. The summed E-state index contributed by atoms with van der Waals surface area (Å²) in [6.07, 6.45) is 3.74. The number of nitrogens with zero attached hydrogens (tertiary/aromatic N) is 3. The second-order valence-corrected chi connectivity index (χ2v) is 5.80. The first-order chi connectivity index (χ1) is 13.0. The molecule has 0 saturated carbocycles. The Kier molecular flexibility index (Phi) is 5.65. The summed E-state index contributed by atoms with van der Waals surface area (Å²) in [5.74, 6) is -2.37. The number of hydrogen-bond acceptors (Lipinski definition) is 4. The van der Waals surface area contributed by atoms with Gasteiger partial charge in [-0.25, -0.2) is 13.5 Å². The number of rotatable bonds is 6. The van der Waals surface area contributed by atoms with Crippen molar-refractivity contribution in [3.8, 4) is 11.3 Å². The number of halogens is 2. The minimum Gasteiger partial charge on any atom is -0.326 e. The Balaban J connectivity index is 1.59. The van der Waals surface area contributed by atoms with E-state index in [9.17, 15) is 18.4 Å². The van der Waals surface area contributed by atoms with Crippen molar-refractivity contribution in [1.82, 2.24) is 14.8 Å². The van der Waals surface area contributed by atoms with Gasteiger partial charge in [0.25, 0.3) is 5.56 Å². The van der Waals surface area contributed by atoms with Crippen LogP contribution >= 0.6 is 0 Å². The van der Waals surface area contributed by atoms with E-state index in [1.807, 2.05) is 0 Å². The quantitative estimate of drug-likeness (QED) is 0.724. The van der Waals surface area contributed by atoms with Crippen LogP contribution in [-0.2, 0) is 11.3 Å². The summed E-state index contributed by atoms with van der Waals surface area (Å²) >= 11 is 0. The summed E-state index contributed by atoms with van der Waals surface area (Å²) in [5.41, 5.74) is 1.36. The van der Waals surface area contributed by atoms with Crippen LogP contribution in [0, 0.1) is 11.6 Å². The van der Waals surface area contributed by atoms with Gasteiger partial charge in [-0.05, 0) is 36.8 Å². The van der Waals surface area contributed by atoms with Crippen LogP contribution in [-0.4, -0.2) is 20.7 Å². The number of hydrogen-bond donors (Lipinski definition) is 1. The average Bonchev–Trinajstić information content (AvgIpc) is 2.67. The molecule has 8 heteroatoms. The van der Waals surface area contributed by atoms with E-state index in [1.54, 1.807) is 30.6 Å². The van der Waals surface area contributed by atoms with Gasteiger partial charge in [0, 0.05) is 48.7 Å². The van der Waals surface area contributed by atoms with Gasteiger partial charge < -0.3 is 5.32 Å². The van der Waals surface area contributed by atoms with Crippen molar-refractivity contribution in [3.63, 3.8) is 0 Å². The van der Waals surface area contributed by atoms with Crippen LogP contribution in [0.5, 0.6) is 0 Å². The predicted molar refractivity (Wildman–Crippen MR) is 95.9 cm³/mol. The highest BCUT2D eigenvalue weighted by Gasteiger charge is 2.08. The predicted octanol–water partition coefficient (Wildman–Crippen LogP) is 3.00. The van der Waals surface area contributed by atoms with Crippen LogP contribution in [0.2, 0.25) is 0 Å². The first-order valence-electron chi connectivity index (χ1n) is 8.26. The summed E-state index contributed by atoms with van der Waals surface area (Å²) in [6, 6.07) is 9.75. The maximum absolute atomic E-state index is 13.1. The highest BCUT2D eigenvalue weighted by molar-refractivity contribution is 5.90. The molecular formula is C19H16F2N4O2. The molecule has 1 amide bonds. The second kappa shape index (κ2) is 8.31. The number of aryl methyl sites for hydroxylation is 1. The van der Waals surface area contributed by atoms with E-state index in [0.29, 0.717) is 12.1 Å². The fourth-order valence-corrected chi connectivity index (χ4v) is 2.47. The number of benzene rings is 1. The lowest BCUT2D eigenvalue weighted by Crippen LogP contribution is -2.23. The molecule has 0 fully saturated rings. The Morgan fingerprint density at radius 1 is 1.04 bits per heavy atom. The third kappa shape index (κ3) is 4.81. The Morgan fingerprint density at radius 2 is 1.81 bits per heavy atom. The van der Waals surface area contributed by atoms with Gasteiger partial charge in [-0.1, -0.05) is 0 Å². The second-order valence-electron chi connectivity index (χ2n) is 5.80. The molecule has 2 aromatic heterocycles. The molecule has 0 radical (unpaired) electrons. The zero-order chi connectivity index (χ0) is 19.2. The molecule has 6 nitrogen and oxygen atoms in total. The van der Waals surface area contributed by atoms with E-state index >= 15 is 0 Å². The van der Waals surface area contributed by atoms with E-state index in [-0.39, 0.29) is 30.1 Å².